The standard InChI is InChI=1S/C8H18O5.2C6H14O2/c9-1-3-11-5-7-13-8-6-12-4-2-10;2*1-2-3-4-5-6(7)8/h9-10H,1-8H2;2*6-8H,2-5H2,1H3. The fraction of sp³-hybridized carbons (Fsp3) is 1.00. The number of hydrogen-bond acceptors (Lipinski definition) is 9. The SMILES string of the molecule is CCCCCC(O)O.CCCCCC(O)O.OCCOCCOCCOCCO. The minimum absolute atomic E-state index is 0.0413. The summed E-state index contributed by atoms with van der Waals surface area (Å²) >= 11 is 0. The summed E-state index contributed by atoms with van der Waals surface area (Å²) in [5, 5.41) is 50.1. The van der Waals surface area contributed by atoms with Crippen molar-refractivity contribution in [2.24, 2.45) is 0 Å². The Morgan fingerprint density at radius 3 is 1.07 bits per heavy atom. The van der Waals surface area contributed by atoms with E-state index >= 15 is 0 Å². The molecule has 0 aromatic carbocycles. The smallest absolute Gasteiger partial charge is 0.151 e. The van der Waals surface area contributed by atoms with Gasteiger partial charge in [-0.1, -0.05) is 39.5 Å². The van der Waals surface area contributed by atoms with E-state index in [1.807, 2.05) is 0 Å². The minimum Gasteiger partial charge on any atom is -0.394 e. The molecule has 9 nitrogen and oxygen atoms in total. The fourth-order valence-electron chi connectivity index (χ4n) is 1.82. The monoisotopic (exact) mass is 430 g/mol. The van der Waals surface area contributed by atoms with Crippen LogP contribution in [0.1, 0.15) is 65.2 Å². The lowest BCUT2D eigenvalue weighted by atomic mass is 10.2. The van der Waals surface area contributed by atoms with Crippen LogP contribution < -0.4 is 0 Å². The molecule has 0 atom stereocenters. The highest BCUT2D eigenvalue weighted by Crippen LogP contribution is 2.00. The molecule has 0 rings (SSSR count). The second-order valence-electron chi connectivity index (χ2n) is 6.24. The minimum atomic E-state index is -1.10. The Hall–Kier alpha value is -0.360. The van der Waals surface area contributed by atoms with Crippen molar-refractivity contribution in [3.8, 4) is 0 Å². The Labute approximate surface area is 176 Å². The van der Waals surface area contributed by atoms with Crippen molar-refractivity contribution >= 4 is 0 Å². The van der Waals surface area contributed by atoms with Gasteiger partial charge in [0, 0.05) is 0 Å². The molecule has 0 unspecified atom stereocenters. The maximum Gasteiger partial charge on any atom is 0.151 e. The molecule has 0 heterocycles. The number of ether oxygens (including phenoxy) is 3. The van der Waals surface area contributed by atoms with Crippen molar-refractivity contribution in [1.82, 2.24) is 0 Å². The van der Waals surface area contributed by atoms with Crippen molar-refractivity contribution < 1.29 is 44.8 Å². The van der Waals surface area contributed by atoms with Gasteiger partial charge >= 0.3 is 0 Å². The summed E-state index contributed by atoms with van der Waals surface area (Å²) in [6, 6.07) is 0. The molecule has 0 spiro atoms. The second-order valence-corrected chi connectivity index (χ2v) is 6.24. The molecule has 0 saturated carbocycles. The Morgan fingerprint density at radius 1 is 0.517 bits per heavy atom. The molecule has 0 fully saturated rings. The molecule has 29 heavy (non-hydrogen) atoms. The highest BCUT2D eigenvalue weighted by Gasteiger charge is 1.94. The van der Waals surface area contributed by atoms with E-state index in [0.29, 0.717) is 52.5 Å². The van der Waals surface area contributed by atoms with Gasteiger partial charge in [0.25, 0.3) is 0 Å². The van der Waals surface area contributed by atoms with Crippen LogP contribution in [0, 0.1) is 0 Å². The van der Waals surface area contributed by atoms with Crippen molar-refractivity contribution in [3.63, 3.8) is 0 Å². The van der Waals surface area contributed by atoms with Crippen LogP contribution in [0.4, 0.5) is 0 Å². The number of hydrogen-bond donors (Lipinski definition) is 6. The lowest BCUT2D eigenvalue weighted by Crippen LogP contribution is -2.11. The molecular weight excluding hydrogens is 384 g/mol. The molecule has 0 aliphatic carbocycles. The summed E-state index contributed by atoms with van der Waals surface area (Å²) in [6.07, 6.45) is 5.15. The Balaban J connectivity index is -0.000000368. The number of unbranched alkanes of at least 4 members (excludes halogenated alkanes) is 4. The van der Waals surface area contributed by atoms with Crippen molar-refractivity contribution in [2.75, 3.05) is 52.9 Å². The summed E-state index contributed by atoms with van der Waals surface area (Å²) in [4.78, 5) is 0. The molecule has 180 valence electrons. The molecule has 0 aromatic heterocycles. The second kappa shape index (κ2) is 32.3. The van der Waals surface area contributed by atoms with E-state index in [2.05, 4.69) is 13.8 Å². The van der Waals surface area contributed by atoms with Crippen LogP contribution in [0.15, 0.2) is 0 Å². The Kier molecular flexibility index (Phi) is 37.1. The zero-order valence-corrected chi connectivity index (χ0v) is 18.4. The molecule has 9 heteroatoms. The van der Waals surface area contributed by atoms with E-state index < -0.39 is 12.6 Å². The third kappa shape index (κ3) is 47.1. The van der Waals surface area contributed by atoms with Crippen molar-refractivity contribution in [3.05, 3.63) is 0 Å². The molecular formula is C20H46O9. The van der Waals surface area contributed by atoms with Crippen LogP contribution >= 0.6 is 0 Å². The van der Waals surface area contributed by atoms with Crippen LogP contribution in [0.2, 0.25) is 0 Å². The zero-order chi connectivity index (χ0) is 22.6. The quantitative estimate of drug-likeness (QED) is 0.137. The maximum absolute atomic E-state index is 8.36. The first-order chi connectivity index (χ1) is 14.0. The topological polar surface area (TPSA) is 149 Å². The van der Waals surface area contributed by atoms with E-state index in [1.165, 1.54) is 0 Å². The first kappa shape index (κ1) is 33.3. The number of aliphatic hydroxyl groups excluding tert-OH is 4. The summed E-state index contributed by atoms with van der Waals surface area (Å²) < 4.78 is 15.0. The Bertz CT molecular complexity index is 230. The van der Waals surface area contributed by atoms with Crippen LogP contribution in [-0.4, -0.2) is 96.1 Å². The summed E-state index contributed by atoms with van der Waals surface area (Å²) in [5.74, 6) is 0. The normalized spacial score (nSPS) is 10.6. The maximum atomic E-state index is 8.36. The van der Waals surface area contributed by atoms with E-state index in [1.54, 1.807) is 0 Å². The third-order valence-corrected chi connectivity index (χ3v) is 3.35. The molecule has 0 bridgehead atoms. The molecule has 0 aliphatic rings. The average molecular weight is 431 g/mol. The highest BCUT2D eigenvalue weighted by atomic mass is 16.5. The van der Waals surface area contributed by atoms with Gasteiger partial charge in [-0.05, 0) is 25.7 Å². The van der Waals surface area contributed by atoms with E-state index in [4.69, 9.17) is 44.8 Å². The zero-order valence-electron chi connectivity index (χ0n) is 18.4. The highest BCUT2D eigenvalue weighted by molar-refractivity contribution is 4.40. The van der Waals surface area contributed by atoms with Gasteiger partial charge in [-0.3, -0.25) is 0 Å². The molecule has 0 amide bonds. The molecule has 0 aliphatic heterocycles. The van der Waals surface area contributed by atoms with E-state index in [-0.39, 0.29) is 13.2 Å². The first-order valence-electron chi connectivity index (χ1n) is 10.6. The van der Waals surface area contributed by atoms with Gasteiger partial charge in [0.15, 0.2) is 12.6 Å². The lowest BCUT2D eigenvalue weighted by molar-refractivity contribution is -0.0472. The molecule has 6 N–H and O–H groups in total. The largest absolute Gasteiger partial charge is 0.394 e. The number of rotatable bonds is 18. The van der Waals surface area contributed by atoms with Crippen LogP contribution in [-0.2, 0) is 14.2 Å². The van der Waals surface area contributed by atoms with Crippen LogP contribution in [0.3, 0.4) is 0 Å². The lowest BCUT2D eigenvalue weighted by Gasteiger charge is -2.04. The van der Waals surface area contributed by atoms with Crippen molar-refractivity contribution in [2.45, 2.75) is 77.8 Å². The average Bonchev–Trinajstić information content (AvgIpc) is 2.68. The third-order valence-electron chi connectivity index (χ3n) is 3.35. The first-order valence-corrected chi connectivity index (χ1v) is 10.6. The summed E-state index contributed by atoms with van der Waals surface area (Å²) in [5.41, 5.74) is 0. The van der Waals surface area contributed by atoms with Gasteiger partial charge in [0.1, 0.15) is 0 Å². The predicted octanol–water partition coefficient (Wildman–Crippen LogP) is 0.776. The van der Waals surface area contributed by atoms with Gasteiger partial charge in [0.2, 0.25) is 0 Å². The molecule has 0 radical (unpaired) electrons. The van der Waals surface area contributed by atoms with Gasteiger partial charge < -0.3 is 44.8 Å². The Morgan fingerprint density at radius 2 is 0.828 bits per heavy atom. The van der Waals surface area contributed by atoms with Gasteiger partial charge in [0.05, 0.1) is 52.9 Å². The number of aliphatic hydroxyl groups is 6. The van der Waals surface area contributed by atoms with E-state index in [9.17, 15) is 0 Å². The summed E-state index contributed by atoms with van der Waals surface area (Å²) in [7, 11) is 0. The van der Waals surface area contributed by atoms with Gasteiger partial charge in [-0.2, -0.15) is 0 Å². The molecule has 0 aromatic rings. The van der Waals surface area contributed by atoms with Gasteiger partial charge in [-0.15, -0.1) is 0 Å². The molecule has 0 saturated heterocycles. The fourth-order valence-corrected chi connectivity index (χ4v) is 1.82. The van der Waals surface area contributed by atoms with Crippen LogP contribution in [0.5, 0.6) is 0 Å². The summed E-state index contributed by atoms with van der Waals surface area (Å²) in [6.45, 7) is 6.94. The van der Waals surface area contributed by atoms with Crippen LogP contribution in [0.25, 0.3) is 0 Å². The predicted molar refractivity (Wildman–Crippen MR) is 111 cm³/mol. The van der Waals surface area contributed by atoms with E-state index in [0.717, 1.165) is 38.5 Å². The van der Waals surface area contributed by atoms with Crippen molar-refractivity contribution in [1.29, 1.82) is 0 Å². The van der Waals surface area contributed by atoms with Gasteiger partial charge in [-0.25, -0.2) is 0 Å².